The summed E-state index contributed by atoms with van der Waals surface area (Å²) in [5.74, 6) is -0.602. The number of aromatic nitrogens is 1. The fourth-order valence-corrected chi connectivity index (χ4v) is 5.42. The van der Waals surface area contributed by atoms with Crippen molar-refractivity contribution in [3.8, 4) is 0 Å². The van der Waals surface area contributed by atoms with Gasteiger partial charge in [0.25, 0.3) is 0 Å². The van der Waals surface area contributed by atoms with E-state index in [-0.39, 0.29) is 41.7 Å². The number of carbonyl (C=O) groups is 1. The molecule has 5 rings (SSSR count). The molecule has 2 aromatic rings. The van der Waals surface area contributed by atoms with Gasteiger partial charge in [0.15, 0.2) is 0 Å². The topological polar surface area (TPSA) is 79.4 Å². The summed E-state index contributed by atoms with van der Waals surface area (Å²) in [6.45, 7) is 5.31. The quantitative estimate of drug-likeness (QED) is 0.319. The molecule has 0 radical (unpaired) electrons. The molecule has 3 fully saturated rings. The molecule has 0 bridgehead atoms. The van der Waals surface area contributed by atoms with Gasteiger partial charge < -0.3 is 11.8 Å². The number of sulfonamides is 1. The third kappa shape index (κ3) is 8.09. The average molecular weight is 798 g/mol. The molecule has 1 N–H and O–H groups in total. The molecule has 0 spiro atoms. The Morgan fingerprint density at radius 2 is 1.76 bits per heavy atom. The van der Waals surface area contributed by atoms with Gasteiger partial charge in [-0.3, -0.25) is 13.9 Å². The van der Waals surface area contributed by atoms with Gasteiger partial charge in [-0.15, -0.1) is 6.07 Å². The van der Waals surface area contributed by atoms with E-state index in [4.69, 9.17) is 11.6 Å². The van der Waals surface area contributed by atoms with Crippen molar-refractivity contribution in [1.82, 2.24) is 9.71 Å². The summed E-state index contributed by atoms with van der Waals surface area (Å²) in [4.78, 5) is 17.7. The van der Waals surface area contributed by atoms with Gasteiger partial charge in [-0.1, -0.05) is 24.4 Å². The predicted molar refractivity (Wildman–Crippen MR) is 131 cm³/mol. The molecule has 204 valence electrons. The van der Waals surface area contributed by atoms with Gasteiger partial charge in [0.05, 0.1) is 15.8 Å². The van der Waals surface area contributed by atoms with Crippen LogP contribution in [0.5, 0.6) is 0 Å². The molecule has 13 heteroatoms. The molecule has 0 atom stereocenters. The number of carbonyl (C=O) groups excluding carboxylic acids is 1. The van der Waals surface area contributed by atoms with Crippen LogP contribution in [0, 0.1) is 55.8 Å². The van der Waals surface area contributed by atoms with Crippen molar-refractivity contribution >= 4 is 33.3 Å². The van der Waals surface area contributed by atoms with Gasteiger partial charge in [-0.25, -0.2) is 13.4 Å². The standard InChI is InChI=1S/C13H13FNO3S.C12H13ClF3N2.U/c14-12-6-3-9(8-1-2-8)7-11(12)13(16)15-19(17,18)10-4-5-10;1-8-2-4-18(5-3-8)11-6-9(12(14,15)16)10(13)7-17-11;/h6-8,10H,1-2,4-5H2,(H,15,16);6-8H,1-5H2;/q2*-1;+2. The minimum absolute atomic E-state index is 0. The fraction of sp³-hybridized carbons (Fsp3) is 0.480. The minimum Gasteiger partial charge on any atom is -0.357 e. The van der Waals surface area contributed by atoms with E-state index in [1.54, 1.807) is 0 Å². The molecule has 2 aliphatic carbocycles. The van der Waals surface area contributed by atoms with Gasteiger partial charge in [0.2, 0.25) is 15.9 Å². The third-order valence-corrected chi connectivity index (χ3v) is 8.59. The van der Waals surface area contributed by atoms with Crippen LogP contribution in [0.1, 0.15) is 65.9 Å². The second-order valence-corrected chi connectivity index (χ2v) is 11.9. The molecular weight excluding hydrogens is 772 g/mol. The van der Waals surface area contributed by atoms with E-state index in [1.807, 2.05) is 9.62 Å². The van der Waals surface area contributed by atoms with E-state index in [0.717, 1.165) is 49.6 Å². The number of nitrogens with zero attached hydrogens (tertiary/aromatic N) is 2. The maximum absolute atomic E-state index is 13.6. The molecular formula is C25H26ClF4N3O3SU. The molecule has 1 aliphatic heterocycles. The Hall–Kier alpha value is -1.35. The average Bonchev–Trinajstić information content (AvgIpc) is 3.72. The summed E-state index contributed by atoms with van der Waals surface area (Å²) in [7, 11) is -3.65. The van der Waals surface area contributed by atoms with E-state index < -0.39 is 38.7 Å². The van der Waals surface area contributed by atoms with Crippen LogP contribution in [-0.4, -0.2) is 37.6 Å². The Bertz CT molecular complexity index is 1260. The van der Waals surface area contributed by atoms with Crippen LogP contribution < -0.4 is 9.62 Å². The molecule has 1 saturated heterocycles. The van der Waals surface area contributed by atoms with Gasteiger partial charge in [-0.05, 0) is 43.2 Å². The van der Waals surface area contributed by atoms with Crippen molar-refractivity contribution in [3.05, 3.63) is 64.9 Å². The first kappa shape index (κ1) is 31.2. The molecule has 2 saturated carbocycles. The van der Waals surface area contributed by atoms with E-state index in [0.29, 0.717) is 43.6 Å². The van der Waals surface area contributed by atoms with E-state index in [2.05, 4.69) is 18.0 Å². The molecule has 38 heavy (non-hydrogen) atoms. The maximum atomic E-state index is 13.6. The number of halogens is 5. The Morgan fingerprint density at radius 1 is 1.13 bits per heavy atom. The first-order valence-electron chi connectivity index (χ1n) is 11.9. The molecule has 1 amide bonds. The summed E-state index contributed by atoms with van der Waals surface area (Å²) >= 11 is 5.53. The Kier molecular flexibility index (Phi) is 10.2. The largest absolute Gasteiger partial charge is 2.00 e. The van der Waals surface area contributed by atoms with Crippen molar-refractivity contribution in [3.63, 3.8) is 0 Å². The molecule has 2 heterocycles. The molecule has 1 aromatic heterocycles. The smallest absolute Gasteiger partial charge is 0.357 e. The minimum atomic E-state index is -4.45. The summed E-state index contributed by atoms with van der Waals surface area (Å²) in [6.07, 6.45) is 1.47. The van der Waals surface area contributed by atoms with Crippen molar-refractivity contribution < 1.29 is 61.9 Å². The van der Waals surface area contributed by atoms with Crippen LogP contribution in [-0.2, 0) is 16.2 Å². The summed E-state index contributed by atoms with van der Waals surface area (Å²) in [5, 5.41) is -0.865. The number of benzene rings is 1. The fourth-order valence-electron chi connectivity index (χ4n) is 3.92. The number of hydrogen-bond acceptors (Lipinski definition) is 5. The number of alkyl halides is 3. The second kappa shape index (κ2) is 12.4. The second-order valence-electron chi connectivity index (χ2n) is 9.55. The zero-order valence-corrected chi connectivity index (χ0v) is 26.1. The SMILES string of the molecule is O=C(NS(=O)(=O)C1CC1)c1cc(C2CC2)[c-]cc1F.[CH2-]C1CCN(c2cc(C(F)(F)F)c(Cl)cn2)CC1.[U+2]. The predicted octanol–water partition coefficient (Wildman–Crippen LogP) is 5.53. The number of pyridine rings is 1. The van der Waals surface area contributed by atoms with Crippen molar-refractivity contribution in [1.29, 1.82) is 0 Å². The van der Waals surface area contributed by atoms with Gasteiger partial charge >= 0.3 is 37.3 Å². The number of amides is 1. The number of nitrogens with one attached hydrogen (secondary N) is 1. The third-order valence-electron chi connectivity index (χ3n) is 6.47. The Balaban J connectivity index is 0.000000206. The Morgan fingerprint density at radius 3 is 2.32 bits per heavy atom. The summed E-state index contributed by atoms with van der Waals surface area (Å²) < 4.78 is 77.0. The van der Waals surface area contributed by atoms with Crippen LogP contribution >= 0.6 is 11.6 Å². The number of anilines is 1. The van der Waals surface area contributed by atoms with Gasteiger partial charge in [0, 0.05) is 25.1 Å². The van der Waals surface area contributed by atoms with Gasteiger partial charge in [0.1, 0.15) is 5.82 Å². The first-order valence-corrected chi connectivity index (χ1v) is 13.9. The van der Waals surface area contributed by atoms with E-state index in [1.165, 1.54) is 6.07 Å². The maximum Gasteiger partial charge on any atom is 2.00 e. The van der Waals surface area contributed by atoms with Crippen LogP contribution in [0.2, 0.25) is 5.02 Å². The van der Waals surface area contributed by atoms with Gasteiger partial charge in [-0.2, -0.15) is 36.8 Å². The molecule has 1 aromatic carbocycles. The summed E-state index contributed by atoms with van der Waals surface area (Å²) in [5.41, 5.74) is -0.272. The van der Waals surface area contributed by atoms with Crippen molar-refractivity contribution in [2.75, 3.05) is 18.0 Å². The zero-order valence-electron chi connectivity index (χ0n) is 20.3. The van der Waals surface area contributed by atoms with Crippen LogP contribution in [0.15, 0.2) is 24.4 Å². The van der Waals surface area contributed by atoms with Crippen molar-refractivity contribution in [2.24, 2.45) is 5.92 Å². The van der Waals surface area contributed by atoms with E-state index >= 15 is 0 Å². The Labute approximate surface area is 248 Å². The number of hydrogen-bond donors (Lipinski definition) is 1. The molecule has 6 nitrogen and oxygen atoms in total. The monoisotopic (exact) mass is 797 g/mol. The molecule has 3 aliphatic rings. The molecule has 0 unspecified atom stereocenters. The normalized spacial score (nSPS) is 18.2. The van der Waals surface area contributed by atoms with E-state index in [9.17, 15) is 30.8 Å². The van der Waals surface area contributed by atoms with Crippen LogP contribution in [0.3, 0.4) is 0 Å². The summed E-state index contributed by atoms with van der Waals surface area (Å²) in [6, 6.07) is 6.32. The number of rotatable bonds is 5. The van der Waals surface area contributed by atoms with Crippen LogP contribution in [0.4, 0.5) is 23.4 Å². The number of piperidine rings is 1. The van der Waals surface area contributed by atoms with Crippen molar-refractivity contribution in [2.45, 2.75) is 55.9 Å². The van der Waals surface area contributed by atoms with Crippen LogP contribution in [0.25, 0.3) is 0 Å². The zero-order chi connectivity index (χ0) is 27.0. The first-order chi connectivity index (χ1) is 17.3.